The lowest BCUT2D eigenvalue weighted by atomic mass is 10.2. The van der Waals surface area contributed by atoms with Gasteiger partial charge in [0.2, 0.25) is 0 Å². The summed E-state index contributed by atoms with van der Waals surface area (Å²) < 4.78 is 8.09. The first kappa shape index (κ1) is 12.4. The highest BCUT2D eigenvalue weighted by Crippen LogP contribution is 2.17. The molecule has 0 aliphatic carbocycles. The summed E-state index contributed by atoms with van der Waals surface area (Å²) >= 11 is 7.23. The van der Waals surface area contributed by atoms with Gasteiger partial charge in [-0.3, -0.25) is 4.72 Å². The Morgan fingerprint density at radius 2 is 2.35 bits per heavy atom. The van der Waals surface area contributed by atoms with E-state index in [4.69, 9.17) is 16.1 Å². The van der Waals surface area contributed by atoms with E-state index >= 15 is 0 Å². The van der Waals surface area contributed by atoms with Gasteiger partial charge in [-0.15, -0.1) is 0 Å². The molecule has 1 N–H and O–H groups in total. The third-order valence-electron chi connectivity index (χ3n) is 2.19. The third-order valence-corrected chi connectivity index (χ3v) is 3.38. The second-order valence-corrected chi connectivity index (χ2v) is 4.82. The van der Waals surface area contributed by atoms with Crippen molar-refractivity contribution in [3.8, 4) is 0 Å². The molecule has 0 radical (unpaired) electrons. The molecular formula is C11H12ClN3OS. The van der Waals surface area contributed by atoms with Crippen molar-refractivity contribution in [2.75, 3.05) is 6.54 Å². The Hall–Kier alpha value is -1.04. The molecule has 2 aromatic heterocycles. The number of halogens is 1. The second-order valence-electron chi connectivity index (χ2n) is 3.50. The normalized spacial score (nSPS) is 10.7. The van der Waals surface area contributed by atoms with Gasteiger partial charge in [-0.25, -0.2) is 4.98 Å². The van der Waals surface area contributed by atoms with Crippen LogP contribution in [0.1, 0.15) is 11.3 Å². The molecule has 2 rings (SSSR count). The molecule has 4 nitrogen and oxygen atoms in total. The molecule has 0 aliphatic heterocycles. The summed E-state index contributed by atoms with van der Waals surface area (Å²) in [5.41, 5.74) is 2.06. The monoisotopic (exact) mass is 269 g/mol. The lowest BCUT2D eigenvalue weighted by Crippen LogP contribution is -2.08. The molecule has 0 saturated carbocycles. The minimum Gasteiger partial charge on any atom is -0.363 e. The number of nitrogens with zero attached hydrogens (tertiary/aromatic N) is 2. The van der Waals surface area contributed by atoms with Gasteiger partial charge in [0, 0.05) is 12.7 Å². The summed E-state index contributed by atoms with van der Waals surface area (Å²) in [6, 6.07) is 3.78. The molecule has 17 heavy (non-hydrogen) atoms. The lowest BCUT2D eigenvalue weighted by Gasteiger charge is -2.02. The zero-order valence-corrected chi connectivity index (χ0v) is 10.9. The van der Waals surface area contributed by atoms with Crippen molar-refractivity contribution in [3.05, 3.63) is 41.0 Å². The van der Waals surface area contributed by atoms with Gasteiger partial charge in [-0.2, -0.15) is 0 Å². The molecule has 0 unspecified atom stereocenters. The molecule has 2 heterocycles. The molecule has 2 aromatic rings. The Balaban J connectivity index is 1.73. The Labute approximate surface area is 109 Å². The van der Waals surface area contributed by atoms with Gasteiger partial charge >= 0.3 is 0 Å². The summed E-state index contributed by atoms with van der Waals surface area (Å²) in [6.07, 6.45) is 4.33. The van der Waals surface area contributed by atoms with Crippen molar-refractivity contribution in [2.45, 2.75) is 18.2 Å². The first-order valence-corrected chi connectivity index (χ1v) is 6.36. The van der Waals surface area contributed by atoms with Crippen LogP contribution in [-0.4, -0.2) is 16.7 Å². The fraction of sp³-hybridized carbons (Fsp3) is 0.273. The van der Waals surface area contributed by atoms with Crippen LogP contribution in [0.15, 0.2) is 34.0 Å². The van der Waals surface area contributed by atoms with E-state index in [1.165, 1.54) is 11.9 Å². The van der Waals surface area contributed by atoms with E-state index < -0.39 is 0 Å². The number of aromatic nitrogens is 2. The highest BCUT2D eigenvalue weighted by atomic mass is 35.5. The highest BCUT2D eigenvalue weighted by Gasteiger charge is 2.02. The third kappa shape index (κ3) is 3.73. The molecule has 0 atom stereocenters. The summed E-state index contributed by atoms with van der Waals surface area (Å²) in [5, 5.41) is 4.33. The van der Waals surface area contributed by atoms with Gasteiger partial charge < -0.3 is 4.52 Å². The number of rotatable bonds is 5. The van der Waals surface area contributed by atoms with E-state index in [0.29, 0.717) is 5.15 Å². The zero-order chi connectivity index (χ0) is 12.1. The van der Waals surface area contributed by atoms with Crippen molar-refractivity contribution < 1.29 is 4.52 Å². The van der Waals surface area contributed by atoms with Gasteiger partial charge in [0.1, 0.15) is 11.4 Å². The van der Waals surface area contributed by atoms with E-state index in [1.807, 2.05) is 13.0 Å². The second kappa shape index (κ2) is 6.05. The summed E-state index contributed by atoms with van der Waals surface area (Å²) in [5.74, 6) is 0. The Morgan fingerprint density at radius 3 is 3.00 bits per heavy atom. The lowest BCUT2D eigenvalue weighted by molar-refractivity contribution is 0.413. The zero-order valence-electron chi connectivity index (χ0n) is 9.31. The van der Waals surface area contributed by atoms with E-state index in [0.717, 1.165) is 29.1 Å². The summed E-state index contributed by atoms with van der Waals surface area (Å²) in [4.78, 5) is 5.04. The largest absolute Gasteiger partial charge is 0.363 e. The SMILES string of the molecule is Cc1nocc1SNCCc1ccc(Cl)nc1. The molecular weight excluding hydrogens is 258 g/mol. The standard InChI is InChI=1S/C11H12ClN3OS/c1-8-10(7-16-15-8)17-14-5-4-9-2-3-11(12)13-6-9/h2-3,6-7,14H,4-5H2,1H3. The topological polar surface area (TPSA) is 51.0 Å². The number of hydrogen-bond acceptors (Lipinski definition) is 5. The van der Waals surface area contributed by atoms with Crippen LogP contribution in [-0.2, 0) is 6.42 Å². The number of nitrogens with one attached hydrogen (secondary N) is 1. The predicted octanol–water partition coefficient (Wildman–Crippen LogP) is 2.87. The van der Waals surface area contributed by atoms with Crippen molar-refractivity contribution in [1.82, 2.24) is 14.9 Å². The fourth-order valence-corrected chi connectivity index (χ4v) is 2.01. The Morgan fingerprint density at radius 1 is 1.47 bits per heavy atom. The Bertz CT molecular complexity index is 472. The summed E-state index contributed by atoms with van der Waals surface area (Å²) in [7, 11) is 0. The number of hydrogen-bond donors (Lipinski definition) is 1. The van der Waals surface area contributed by atoms with Gasteiger partial charge in [0.05, 0.1) is 10.6 Å². The molecule has 0 bridgehead atoms. The van der Waals surface area contributed by atoms with Crippen LogP contribution in [0.3, 0.4) is 0 Å². The maximum atomic E-state index is 5.71. The van der Waals surface area contributed by atoms with Crippen molar-refractivity contribution in [3.63, 3.8) is 0 Å². The molecule has 6 heteroatoms. The van der Waals surface area contributed by atoms with E-state index in [1.54, 1.807) is 18.5 Å². The first-order chi connectivity index (χ1) is 8.25. The number of pyridine rings is 1. The van der Waals surface area contributed by atoms with E-state index in [-0.39, 0.29) is 0 Å². The maximum Gasteiger partial charge on any atom is 0.138 e. The van der Waals surface area contributed by atoms with E-state index in [9.17, 15) is 0 Å². The smallest absolute Gasteiger partial charge is 0.138 e. The quantitative estimate of drug-likeness (QED) is 0.514. The summed E-state index contributed by atoms with van der Waals surface area (Å²) in [6.45, 7) is 2.76. The van der Waals surface area contributed by atoms with Gasteiger partial charge in [-0.05, 0) is 36.9 Å². The van der Waals surface area contributed by atoms with Crippen LogP contribution in [0.25, 0.3) is 0 Å². The highest BCUT2D eigenvalue weighted by molar-refractivity contribution is 7.97. The number of aryl methyl sites for hydroxylation is 1. The molecule has 0 fully saturated rings. The maximum absolute atomic E-state index is 5.71. The fourth-order valence-electron chi connectivity index (χ4n) is 1.26. The van der Waals surface area contributed by atoms with Crippen LogP contribution in [0.5, 0.6) is 0 Å². The van der Waals surface area contributed by atoms with Gasteiger partial charge in [0.15, 0.2) is 0 Å². The van der Waals surface area contributed by atoms with Crippen molar-refractivity contribution >= 4 is 23.5 Å². The Kier molecular flexibility index (Phi) is 4.42. The van der Waals surface area contributed by atoms with Crippen LogP contribution in [0, 0.1) is 6.92 Å². The molecule has 90 valence electrons. The van der Waals surface area contributed by atoms with Crippen molar-refractivity contribution in [1.29, 1.82) is 0 Å². The molecule has 0 aliphatic rings. The average Bonchev–Trinajstić information content (AvgIpc) is 2.73. The van der Waals surface area contributed by atoms with Gasteiger partial charge in [0.25, 0.3) is 0 Å². The molecule has 0 spiro atoms. The van der Waals surface area contributed by atoms with E-state index in [2.05, 4.69) is 14.9 Å². The first-order valence-electron chi connectivity index (χ1n) is 5.17. The minimum atomic E-state index is 0.524. The van der Waals surface area contributed by atoms with Gasteiger partial charge in [-0.1, -0.05) is 22.8 Å². The average molecular weight is 270 g/mol. The molecule has 0 saturated heterocycles. The van der Waals surface area contributed by atoms with Crippen LogP contribution >= 0.6 is 23.5 Å². The van der Waals surface area contributed by atoms with Crippen LogP contribution in [0.2, 0.25) is 5.15 Å². The molecule has 0 aromatic carbocycles. The van der Waals surface area contributed by atoms with Crippen LogP contribution < -0.4 is 4.72 Å². The minimum absolute atomic E-state index is 0.524. The van der Waals surface area contributed by atoms with Crippen LogP contribution in [0.4, 0.5) is 0 Å². The molecule has 0 amide bonds. The van der Waals surface area contributed by atoms with Crippen molar-refractivity contribution in [2.24, 2.45) is 0 Å². The predicted molar refractivity (Wildman–Crippen MR) is 68.1 cm³/mol.